The summed E-state index contributed by atoms with van der Waals surface area (Å²) in [6, 6.07) is 5.74. The minimum Gasteiger partial charge on any atom is -0.370 e. The standard InChI is InChI=1S/C18H29F3N6/c1-2-22-17(26-15-8-12-27(13-15)14-18(19,20)21)25-11-6-5-10-24-16-7-3-4-9-23-16/h3-4,7,9,15H,2,5-6,8,10-14H2,1H3,(H,23,24)(H2,22,25,26). The molecule has 0 aliphatic carbocycles. The second-order valence-electron chi connectivity index (χ2n) is 6.59. The van der Waals surface area contributed by atoms with Crippen LogP contribution >= 0.6 is 0 Å². The highest BCUT2D eigenvalue weighted by molar-refractivity contribution is 5.80. The maximum Gasteiger partial charge on any atom is 0.401 e. The highest BCUT2D eigenvalue weighted by atomic mass is 19.4. The van der Waals surface area contributed by atoms with E-state index in [0.29, 0.717) is 38.6 Å². The number of hydrogen-bond donors (Lipinski definition) is 3. The molecule has 2 rings (SSSR count). The molecule has 0 saturated carbocycles. The smallest absolute Gasteiger partial charge is 0.370 e. The second kappa shape index (κ2) is 11.0. The molecular weight excluding hydrogens is 357 g/mol. The number of halogens is 3. The topological polar surface area (TPSA) is 64.6 Å². The van der Waals surface area contributed by atoms with E-state index in [4.69, 9.17) is 0 Å². The summed E-state index contributed by atoms with van der Waals surface area (Å²) in [5, 5.41) is 9.67. The molecule has 152 valence electrons. The number of nitrogens with zero attached hydrogens (tertiary/aromatic N) is 3. The molecule has 1 aliphatic heterocycles. The molecule has 0 radical (unpaired) electrons. The van der Waals surface area contributed by atoms with Crippen molar-refractivity contribution < 1.29 is 13.2 Å². The molecule has 9 heteroatoms. The number of pyridine rings is 1. The number of anilines is 1. The summed E-state index contributed by atoms with van der Waals surface area (Å²) in [4.78, 5) is 10.2. The van der Waals surface area contributed by atoms with Crippen LogP contribution in [0, 0.1) is 0 Å². The Morgan fingerprint density at radius 1 is 1.33 bits per heavy atom. The minimum atomic E-state index is -4.14. The third-order valence-corrected chi connectivity index (χ3v) is 4.19. The van der Waals surface area contributed by atoms with Crippen LogP contribution in [0.1, 0.15) is 26.2 Å². The van der Waals surface area contributed by atoms with Gasteiger partial charge in [-0.3, -0.25) is 9.89 Å². The van der Waals surface area contributed by atoms with Gasteiger partial charge in [-0.25, -0.2) is 4.98 Å². The number of nitrogens with one attached hydrogen (secondary N) is 3. The fourth-order valence-corrected chi connectivity index (χ4v) is 2.97. The maximum atomic E-state index is 12.5. The van der Waals surface area contributed by atoms with Gasteiger partial charge in [0.25, 0.3) is 0 Å². The molecule has 1 atom stereocenters. The van der Waals surface area contributed by atoms with Crippen molar-refractivity contribution >= 4 is 11.8 Å². The monoisotopic (exact) mass is 386 g/mol. The molecule has 2 heterocycles. The zero-order valence-corrected chi connectivity index (χ0v) is 15.7. The predicted molar refractivity (Wildman–Crippen MR) is 102 cm³/mol. The van der Waals surface area contributed by atoms with Gasteiger partial charge >= 0.3 is 6.18 Å². The normalized spacial score (nSPS) is 18.5. The molecule has 1 aromatic rings. The SMILES string of the molecule is CCNC(=NCCCCNc1ccccn1)NC1CCN(CC(F)(F)F)C1. The van der Waals surface area contributed by atoms with Crippen molar-refractivity contribution in [1.29, 1.82) is 0 Å². The lowest BCUT2D eigenvalue weighted by molar-refractivity contribution is -0.143. The van der Waals surface area contributed by atoms with Crippen LogP contribution < -0.4 is 16.0 Å². The van der Waals surface area contributed by atoms with Crippen molar-refractivity contribution in [3.63, 3.8) is 0 Å². The minimum absolute atomic E-state index is 0.00373. The lowest BCUT2D eigenvalue weighted by Crippen LogP contribution is -2.45. The Kier molecular flexibility index (Phi) is 8.63. The first-order chi connectivity index (χ1) is 13.0. The fraction of sp³-hybridized carbons (Fsp3) is 0.667. The fourth-order valence-electron chi connectivity index (χ4n) is 2.97. The van der Waals surface area contributed by atoms with E-state index in [1.54, 1.807) is 6.20 Å². The molecule has 3 N–H and O–H groups in total. The first kappa shape index (κ1) is 21.3. The predicted octanol–water partition coefficient (Wildman–Crippen LogP) is 2.47. The number of guanidine groups is 1. The summed E-state index contributed by atoms with van der Waals surface area (Å²) in [6.45, 7) is 4.17. The summed E-state index contributed by atoms with van der Waals surface area (Å²) in [5.41, 5.74) is 0. The summed E-state index contributed by atoms with van der Waals surface area (Å²) < 4.78 is 37.5. The highest BCUT2D eigenvalue weighted by Gasteiger charge is 2.34. The number of likely N-dealkylation sites (tertiary alicyclic amines) is 1. The third-order valence-electron chi connectivity index (χ3n) is 4.19. The first-order valence-electron chi connectivity index (χ1n) is 9.45. The summed E-state index contributed by atoms with van der Waals surface area (Å²) in [6.07, 6.45) is 0.175. The molecule has 1 saturated heterocycles. The van der Waals surface area contributed by atoms with Gasteiger partial charge in [-0.15, -0.1) is 0 Å². The highest BCUT2D eigenvalue weighted by Crippen LogP contribution is 2.19. The molecule has 0 bridgehead atoms. The van der Waals surface area contributed by atoms with E-state index in [9.17, 15) is 13.2 Å². The van der Waals surface area contributed by atoms with Crippen LogP contribution in [0.25, 0.3) is 0 Å². The lowest BCUT2D eigenvalue weighted by Gasteiger charge is -2.19. The van der Waals surface area contributed by atoms with Crippen LogP contribution in [0.2, 0.25) is 0 Å². The summed E-state index contributed by atoms with van der Waals surface area (Å²) in [7, 11) is 0. The number of hydrogen-bond acceptors (Lipinski definition) is 4. The van der Waals surface area contributed by atoms with E-state index < -0.39 is 12.7 Å². The average molecular weight is 386 g/mol. The van der Waals surface area contributed by atoms with Crippen molar-refractivity contribution in [1.82, 2.24) is 20.5 Å². The van der Waals surface area contributed by atoms with E-state index in [1.165, 1.54) is 4.90 Å². The molecule has 1 unspecified atom stereocenters. The van der Waals surface area contributed by atoms with Gasteiger partial charge in [0.15, 0.2) is 5.96 Å². The first-order valence-corrected chi connectivity index (χ1v) is 9.45. The van der Waals surface area contributed by atoms with Gasteiger partial charge in [0.1, 0.15) is 5.82 Å². The van der Waals surface area contributed by atoms with Gasteiger partial charge in [-0.2, -0.15) is 13.2 Å². The van der Waals surface area contributed by atoms with Crippen molar-refractivity contribution in [2.24, 2.45) is 4.99 Å². The molecule has 1 aliphatic rings. The van der Waals surface area contributed by atoms with Crippen molar-refractivity contribution in [3.05, 3.63) is 24.4 Å². The Labute approximate surface area is 158 Å². The van der Waals surface area contributed by atoms with Gasteiger partial charge in [0.2, 0.25) is 0 Å². The molecular formula is C18H29F3N6. The van der Waals surface area contributed by atoms with E-state index >= 15 is 0 Å². The molecule has 0 spiro atoms. The van der Waals surface area contributed by atoms with Gasteiger partial charge in [-0.1, -0.05) is 6.07 Å². The number of aliphatic imine (C=N–C) groups is 1. The average Bonchev–Trinajstić information content (AvgIpc) is 3.04. The lowest BCUT2D eigenvalue weighted by atomic mass is 10.3. The van der Waals surface area contributed by atoms with Crippen LogP contribution in [0.5, 0.6) is 0 Å². The maximum absolute atomic E-state index is 12.5. The van der Waals surface area contributed by atoms with Crippen LogP contribution in [0.15, 0.2) is 29.4 Å². The molecule has 1 fully saturated rings. The van der Waals surface area contributed by atoms with Crippen LogP contribution in [0.4, 0.5) is 19.0 Å². The number of unbranched alkanes of at least 4 members (excludes halogenated alkanes) is 1. The van der Waals surface area contributed by atoms with Crippen molar-refractivity contribution in [3.8, 4) is 0 Å². The van der Waals surface area contributed by atoms with Crippen molar-refractivity contribution in [2.45, 2.75) is 38.4 Å². The molecule has 6 nitrogen and oxygen atoms in total. The zero-order chi connectivity index (χ0) is 19.5. The van der Waals surface area contributed by atoms with Gasteiger partial charge in [0, 0.05) is 45.0 Å². The van der Waals surface area contributed by atoms with Crippen LogP contribution in [0.3, 0.4) is 0 Å². The van der Waals surface area contributed by atoms with E-state index in [0.717, 1.165) is 25.2 Å². The Morgan fingerprint density at radius 3 is 2.89 bits per heavy atom. The van der Waals surface area contributed by atoms with Crippen LogP contribution in [-0.2, 0) is 0 Å². The Bertz CT molecular complexity index is 564. The Hall–Kier alpha value is -2.03. The zero-order valence-electron chi connectivity index (χ0n) is 15.7. The van der Waals surface area contributed by atoms with Gasteiger partial charge in [-0.05, 0) is 38.3 Å². The van der Waals surface area contributed by atoms with Gasteiger partial charge in [0.05, 0.1) is 6.54 Å². The van der Waals surface area contributed by atoms with E-state index in [1.807, 2.05) is 25.1 Å². The number of alkyl halides is 3. The summed E-state index contributed by atoms with van der Waals surface area (Å²) in [5.74, 6) is 1.54. The third kappa shape index (κ3) is 8.94. The molecule has 0 amide bonds. The Morgan fingerprint density at radius 2 is 2.19 bits per heavy atom. The van der Waals surface area contributed by atoms with Gasteiger partial charge < -0.3 is 16.0 Å². The van der Waals surface area contributed by atoms with Crippen molar-refractivity contribution in [2.75, 3.05) is 44.6 Å². The summed E-state index contributed by atoms with van der Waals surface area (Å²) >= 11 is 0. The number of rotatable bonds is 9. The Balaban J connectivity index is 1.66. The van der Waals surface area contributed by atoms with Crippen LogP contribution in [-0.4, -0.2) is 67.3 Å². The van der Waals surface area contributed by atoms with E-state index in [-0.39, 0.29) is 6.04 Å². The molecule has 27 heavy (non-hydrogen) atoms. The largest absolute Gasteiger partial charge is 0.401 e. The quantitative estimate of drug-likeness (QED) is 0.346. The molecule has 1 aromatic heterocycles. The molecule has 0 aromatic carbocycles. The second-order valence-corrected chi connectivity index (χ2v) is 6.59. The number of aromatic nitrogens is 1. The van der Waals surface area contributed by atoms with E-state index in [2.05, 4.69) is 25.9 Å².